The highest BCUT2D eigenvalue weighted by molar-refractivity contribution is 5.92. The molecule has 0 unspecified atom stereocenters. The van der Waals surface area contributed by atoms with E-state index < -0.39 is 0 Å². The lowest BCUT2D eigenvalue weighted by Crippen LogP contribution is -2.24. The fourth-order valence-electron chi connectivity index (χ4n) is 1.22. The van der Waals surface area contributed by atoms with Crippen LogP contribution >= 0.6 is 0 Å². The SMILES string of the molecule is Nc1ccnc(C(=O)NCc2ncc[nH]2)c1. The summed E-state index contributed by atoms with van der Waals surface area (Å²) >= 11 is 0. The van der Waals surface area contributed by atoms with Crippen LogP contribution in [-0.4, -0.2) is 20.9 Å². The van der Waals surface area contributed by atoms with Crippen LogP contribution < -0.4 is 11.1 Å². The summed E-state index contributed by atoms with van der Waals surface area (Å²) in [7, 11) is 0. The Labute approximate surface area is 91.9 Å². The van der Waals surface area contributed by atoms with Gasteiger partial charge < -0.3 is 16.0 Å². The molecule has 2 aromatic rings. The highest BCUT2D eigenvalue weighted by Crippen LogP contribution is 2.02. The number of carbonyl (C=O) groups excluding carboxylic acids is 1. The Morgan fingerprint density at radius 3 is 3.00 bits per heavy atom. The number of nitrogen functional groups attached to an aromatic ring is 1. The molecule has 0 aromatic carbocycles. The van der Waals surface area contributed by atoms with Crippen molar-refractivity contribution in [2.75, 3.05) is 5.73 Å². The third-order valence-corrected chi connectivity index (χ3v) is 1.99. The van der Waals surface area contributed by atoms with Gasteiger partial charge in [-0.2, -0.15) is 0 Å². The van der Waals surface area contributed by atoms with E-state index in [1.165, 1.54) is 12.3 Å². The summed E-state index contributed by atoms with van der Waals surface area (Å²) in [5, 5.41) is 2.68. The van der Waals surface area contributed by atoms with Crippen LogP contribution in [0.2, 0.25) is 0 Å². The molecule has 0 aliphatic carbocycles. The number of pyridine rings is 1. The Hall–Kier alpha value is -2.37. The molecule has 0 radical (unpaired) electrons. The normalized spacial score (nSPS) is 10.0. The minimum Gasteiger partial charge on any atom is -0.399 e. The predicted molar refractivity (Wildman–Crippen MR) is 58.4 cm³/mol. The number of rotatable bonds is 3. The maximum Gasteiger partial charge on any atom is 0.270 e. The zero-order chi connectivity index (χ0) is 11.4. The van der Waals surface area contributed by atoms with Gasteiger partial charge in [0.1, 0.15) is 11.5 Å². The maximum atomic E-state index is 11.6. The Morgan fingerprint density at radius 1 is 1.44 bits per heavy atom. The molecule has 2 aromatic heterocycles. The highest BCUT2D eigenvalue weighted by atomic mass is 16.1. The molecule has 0 atom stereocenters. The van der Waals surface area contributed by atoms with Gasteiger partial charge in [-0.3, -0.25) is 9.78 Å². The van der Waals surface area contributed by atoms with Crippen molar-refractivity contribution in [3.63, 3.8) is 0 Å². The molecule has 0 bridgehead atoms. The van der Waals surface area contributed by atoms with Crippen molar-refractivity contribution in [2.45, 2.75) is 6.54 Å². The number of hydrogen-bond acceptors (Lipinski definition) is 4. The maximum absolute atomic E-state index is 11.6. The molecule has 2 rings (SSSR count). The van der Waals surface area contributed by atoms with Crippen LogP contribution in [0.1, 0.15) is 16.3 Å². The zero-order valence-electron chi connectivity index (χ0n) is 8.47. The Morgan fingerprint density at radius 2 is 2.31 bits per heavy atom. The summed E-state index contributed by atoms with van der Waals surface area (Å²) in [4.78, 5) is 22.4. The number of nitrogens with two attached hydrogens (primary N) is 1. The van der Waals surface area contributed by atoms with Crippen LogP contribution in [0.25, 0.3) is 0 Å². The molecule has 2 heterocycles. The summed E-state index contributed by atoms with van der Waals surface area (Å²) < 4.78 is 0. The smallest absolute Gasteiger partial charge is 0.270 e. The Kier molecular flexibility index (Phi) is 2.81. The van der Waals surface area contributed by atoms with Gasteiger partial charge in [-0.1, -0.05) is 0 Å². The number of imidazole rings is 1. The fraction of sp³-hybridized carbons (Fsp3) is 0.100. The van der Waals surface area contributed by atoms with Crippen molar-refractivity contribution < 1.29 is 4.79 Å². The number of aromatic nitrogens is 3. The monoisotopic (exact) mass is 217 g/mol. The standard InChI is InChI=1S/C10H11N5O/c11-7-1-2-12-8(5-7)10(16)15-6-9-13-3-4-14-9/h1-5H,6H2,(H2,11,12)(H,13,14)(H,15,16). The molecule has 6 nitrogen and oxygen atoms in total. The molecule has 0 saturated carbocycles. The molecule has 82 valence electrons. The number of hydrogen-bond donors (Lipinski definition) is 3. The first-order chi connectivity index (χ1) is 7.75. The summed E-state index contributed by atoms with van der Waals surface area (Å²) in [6.45, 7) is 0.336. The number of amides is 1. The van der Waals surface area contributed by atoms with Crippen molar-refractivity contribution in [1.29, 1.82) is 0 Å². The minimum atomic E-state index is -0.274. The van der Waals surface area contributed by atoms with Gasteiger partial charge in [-0.25, -0.2) is 4.98 Å². The van der Waals surface area contributed by atoms with E-state index in [0.29, 0.717) is 23.8 Å². The van der Waals surface area contributed by atoms with Gasteiger partial charge in [-0.15, -0.1) is 0 Å². The van der Waals surface area contributed by atoms with E-state index in [2.05, 4.69) is 20.3 Å². The van der Waals surface area contributed by atoms with Gasteiger partial charge in [0.2, 0.25) is 0 Å². The molecule has 0 aliphatic heterocycles. The minimum absolute atomic E-state index is 0.274. The molecule has 0 spiro atoms. The van der Waals surface area contributed by atoms with Gasteiger partial charge in [0.05, 0.1) is 6.54 Å². The van der Waals surface area contributed by atoms with Crippen molar-refractivity contribution in [3.05, 3.63) is 42.2 Å². The van der Waals surface area contributed by atoms with Crippen LogP contribution in [-0.2, 0) is 6.54 Å². The summed E-state index contributed by atoms with van der Waals surface area (Å²) in [5.41, 5.74) is 6.36. The zero-order valence-corrected chi connectivity index (χ0v) is 8.47. The number of anilines is 1. The summed E-state index contributed by atoms with van der Waals surface area (Å²) in [6.07, 6.45) is 4.82. The lowest BCUT2D eigenvalue weighted by atomic mass is 10.3. The van der Waals surface area contributed by atoms with E-state index in [1.54, 1.807) is 18.5 Å². The third-order valence-electron chi connectivity index (χ3n) is 1.99. The molecule has 16 heavy (non-hydrogen) atoms. The molecule has 6 heteroatoms. The Bertz CT molecular complexity index is 480. The van der Waals surface area contributed by atoms with Gasteiger partial charge in [-0.05, 0) is 12.1 Å². The summed E-state index contributed by atoms with van der Waals surface area (Å²) in [5.74, 6) is 0.418. The first-order valence-electron chi connectivity index (χ1n) is 4.73. The second-order valence-electron chi connectivity index (χ2n) is 3.19. The van der Waals surface area contributed by atoms with E-state index >= 15 is 0 Å². The van der Waals surface area contributed by atoms with Crippen molar-refractivity contribution in [2.24, 2.45) is 0 Å². The molecular formula is C10H11N5O. The van der Waals surface area contributed by atoms with Crippen molar-refractivity contribution in [3.8, 4) is 0 Å². The average Bonchev–Trinajstić information content (AvgIpc) is 2.78. The third kappa shape index (κ3) is 2.35. The van der Waals surface area contributed by atoms with Gasteiger partial charge in [0.15, 0.2) is 0 Å². The van der Waals surface area contributed by atoms with E-state index in [4.69, 9.17) is 5.73 Å². The largest absolute Gasteiger partial charge is 0.399 e. The topological polar surface area (TPSA) is 96.7 Å². The molecular weight excluding hydrogens is 206 g/mol. The van der Waals surface area contributed by atoms with Gasteiger partial charge in [0.25, 0.3) is 5.91 Å². The number of nitrogens with zero attached hydrogens (tertiary/aromatic N) is 2. The van der Waals surface area contributed by atoms with E-state index in [0.717, 1.165) is 0 Å². The first-order valence-corrected chi connectivity index (χ1v) is 4.73. The van der Waals surface area contributed by atoms with Crippen LogP contribution in [0.4, 0.5) is 5.69 Å². The number of nitrogens with one attached hydrogen (secondary N) is 2. The van der Waals surface area contributed by atoms with Gasteiger partial charge >= 0.3 is 0 Å². The fourth-order valence-corrected chi connectivity index (χ4v) is 1.22. The molecule has 0 aliphatic rings. The van der Waals surface area contributed by atoms with E-state index in [-0.39, 0.29) is 5.91 Å². The van der Waals surface area contributed by atoms with Crippen LogP contribution in [0.3, 0.4) is 0 Å². The molecule has 4 N–H and O–H groups in total. The van der Waals surface area contributed by atoms with E-state index in [1.807, 2.05) is 0 Å². The number of H-pyrrole nitrogens is 1. The highest BCUT2D eigenvalue weighted by Gasteiger charge is 2.07. The lowest BCUT2D eigenvalue weighted by Gasteiger charge is -2.02. The van der Waals surface area contributed by atoms with Crippen LogP contribution in [0.5, 0.6) is 0 Å². The summed E-state index contributed by atoms with van der Waals surface area (Å²) in [6, 6.07) is 3.15. The molecule has 0 fully saturated rings. The van der Waals surface area contributed by atoms with Gasteiger partial charge in [0, 0.05) is 24.3 Å². The average molecular weight is 217 g/mol. The molecule has 1 amide bonds. The quantitative estimate of drug-likeness (QED) is 0.689. The van der Waals surface area contributed by atoms with Crippen LogP contribution in [0.15, 0.2) is 30.7 Å². The number of aromatic amines is 1. The second-order valence-corrected chi connectivity index (χ2v) is 3.19. The van der Waals surface area contributed by atoms with Crippen LogP contribution in [0, 0.1) is 0 Å². The van der Waals surface area contributed by atoms with Crippen molar-refractivity contribution in [1.82, 2.24) is 20.3 Å². The predicted octanol–water partition coefficient (Wildman–Crippen LogP) is 0.317. The number of carbonyl (C=O) groups is 1. The molecule has 0 saturated heterocycles. The van der Waals surface area contributed by atoms with E-state index in [9.17, 15) is 4.79 Å². The first kappa shape index (κ1) is 10.2. The lowest BCUT2D eigenvalue weighted by molar-refractivity contribution is 0.0945. The Balaban J connectivity index is 1.98. The van der Waals surface area contributed by atoms with Crippen molar-refractivity contribution >= 4 is 11.6 Å². The second kappa shape index (κ2) is 4.43.